The average molecular weight is 372 g/mol. The Morgan fingerprint density at radius 3 is 2.33 bits per heavy atom. The number of nitrogens with one attached hydrogen (secondary N) is 1. The first kappa shape index (κ1) is 20.1. The molecule has 0 saturated carbocycles. The summed E-state index contributed by atoms with van der Waals surface area (Å²) in [7, 11) is 3.15. The molecule has 7 nitrogen and oxygen atoms in total. The number of carboxylic acids is 1. The predicted octanol–water partition coefficient (Wildman–Crippen LogP) is 1.95. The van der Waals surface area contributed by atoms with Crippen molar-refractivity contribution in [2.75, 3.05) is 38.8 Å². The number of benzene rings is 2. The largest absolute Gasteiger partial charge is 0.493 e. The average Bonchev–Trinajstić information content (AvgIpc) is 2.67. The Morgan fingerprint density at radius 2 is 1.70 bits per heavy atom. The maximum absolute atomic E-state index is 12.2. The van der Waals surface area contributed by atoms with Gasteiger partial charge in [0.15, 0.2) is 11.5 Å². The lowest BCUT2D eigenvalue weighted by Gasteiger charge is -2.22. The molecule has 2 N–H and O–H groups in total. The topological polar surface area (TPSA) is 88.1 Å². The van der Waals surface area contributed by atoms with Gasteiger partial charge in [0.05, 0.1) is 20.8 Å². The summed E-state index contributed by atoms with van der Waals surface area (Å²) in [6.07, 6.45) is 0.621. The van der Waals surface area contributed by atoms with Gasteiger partial charge in [-0.2, -0.15) is 0 Å². The van der Waals surface area contributed by atoms with Crippen LogP contribution in [0.15, 0.2) is 48.5 Å². The van der Waals surface area contributed by atoms with Gasteiger partial charge in [0.25, 0.3) is 0 Å². The third-order valence-corrected chi connectivity index (χ3v) is 3.97. The van der Waals surface area contributed by atoms with E-state index in [1.807, 2.05) is 24.3 Å². The Hall–Kier alpha value is -3.22. The van der Waals surface area contributed by atoms with E-state index >= 15 is 0 Å². The van der Waals surface area contributed by atoms with Gasteiger partial charge in [0, 0.05) is 12.2 Å². The maximum atomic E-state index is 12.2. The minimum atomic E-state index is -0.989. The molecular weight excluding hydrogens is 348 g/mol. The normalized spacial score (nSPS) is 10.1. The molecular formula is C20H24N2O5. The van der Waals surface area contributed by atoms with Crippen LogP contribution in [-0.2, 0) is 16.0 Å². The van der Waals surface area contributed by atoms with Crippen LogP contribution in [0.3, 0.4) is 0 Å². The maximum Gasteiger partial charge on any atom is 0.323 e. The molecule has 0 radical (unpaired) electrons. The van der Waals surface area contributed by atoms with Gasteiger partial charge in [-0.3, -0.25) is 9.59 Å². The van der Waals surface area contributed by atoms with Crippen molar-refractivity contribution in [1.82, 2.24) is 5.32 Å². The van der Waals surface area contributed by atoms with Crippen molar-refractivity contribution < 1.29 is 24.2 Å². The van der Waals surface area contributed by atoms with Crippen LogP contribution in [0.5, 0.6) is 11.5 Å². The summed E-state index contributed by atoms with van der Waals surface area (Å²) in [5.41, 5.74) is 1.69. The molecule has 0 aliphatic heterocycles. The predicted molar refractivity (Wildman–Crippen MR) is 103 cm³/mol. The number of methoxy groups -OCH3 is 2. The van der Waals surface area contributed by atoms with E-state index in [1.165, 1.54) is 4.90 Å². The molecule has 0 atom stereocenters. The highest BCUT2D eigenvalue weighted by atomic mass is 16.5. The molecule has 0 bridgehead atoms. The molecule has 0 fully saturated rings. The van der Waals surface area contributed by atoms with Gasteiger partial charge in [-0.1, -0.05) is 24.3 Å². The summed E-state index contributed by atoms with van der Waals surface area (Å²) >= 11 is 0. The fraction of sp³-hybridized carbons (Fsp3) is 0.300. The van der Waals surface area contributed by atoms with Crippen molar-refractivity contribution in [3.05, 3.63) is 54.1 Å². The fourth-order valence-corrected chi connectivity index (χ4v) is 2.65. The highest BCUT2D eigenvalue weighted by molar-refractivity contribution is 5.84. The standard InChI is InChI=1S/C20H24N2O5/c1-26-17-9-8-15(12-18(17)27-2)10-11-21-19(23)13-22(14-20(24)25)16-6-4-3-5-7-16/h3-9,12H,10-11,13-14H2,1-2H3,(H,21,23)(H,24,25). The quantitative estimate of drug-likeness (QED) is 0.663. The van der Waals surface area contributed by atoms with E-state index in [1.54, 1.807) is 38.5 Å². The van der Waals surface area contributed by atoms with Crippen LogP contribution < -0.4 is 19.7 Å². The van der Waals surface area contributed by atoms with Gasteiger partial charge in [-0.25, -0.2) is 0 Å². The first-order valence-electron chi connectivity index (χ1n) is 8.53. The van der Waals surface area contributed by atoms with Gasteiger partial charge in [-0.15, -0.1) is 0 Å². The minimum absolute atomic E-state index is 0.0255. The van der Waals surface area contributed by atoms with Crippen molar-refractivity contribution in [3.63, 3.8) is 0 Å². The smallest absolute Gasteiger partial charge is 0.323 e. The van der Waals surface area contributed by atoms with Gasteiger partial charge >= 0.3 is 5.97 Å². The molecule has 0 unspecified atom stereocenters. The van der Waals surface area contributed by atoms with Crippen LogP contribution in [0.1, 0.15) is 5.56 Å². The SMILES string of the molecule is COc1ccc(CCNC(=O)CN(CC(=O)O)c2ccccc2)cc1OC. The number of hydrogen-bond donors (Lipinski definition) is 2. The molecule has 0 aliphatic carbocycles. The summed E-state index contributed by atoms with van der Waals surface area (Å²) < 4.78 is 10.5. The summed E-state index contributed by atoms with van der Waals surface area (Å²) in [6.45, 7) is 0.166. The van der Waals surface area contributed by atoms with Crippen LogP contribution in [0.4, 0.5) is 5.69 Å². The van der Waals surface area contributed by atoms with Gasteiger partial charge in [-0.05, 0) is 36.2 Å². The molecule has 0 heterocycles. The van der Waals surface area contributed by atoms with Crippen molar-refractivity contribution in [3.8, 4) is 11.5 Å². The number of rotatable bonds is 10. The Bertz CT molecular complexity index is 764. The monoisotopic (exact) mass is 372 g/mol. The van der Waals surface area contributed by atoms with E-state index in [2.05, 4.69) is 5.32 Å². The molecule has 27 heavy (non-hydrogen) atoms. The molecule has 0 aliphatic rings. The molecule has 0 saturated heterocycles. The number of ether oxygens (including phenoxy) is 2. The van der Waals surface area contributed by atoms with E-state index in [0.29, 0.717) is 30.2 Å². The summed E-state index contributed by atoms with van der Waals surface area (Å²) in [4.78, 5) is 24.8. The van der Waals surface area contributed by atoms with E-state index in [4.69, 9.17) is 14.6 Å². The zero-order chi connectivity index (χ0) is 19.6. The molecule has 2 aromatic rings. The molecule has 0 aromatic heterocycles. The van der Waals surface area contributed by atoms with Crippen LogP contribution in [-0.4, -0.2) is 50.8 Å². The summed E-state index contributed by atoms with van der Waals surface area (Å²) in [5, 5.41) is 11.9. The van der Waals surface area contributed by atoms with E-state index in [-0.39, 0.29) is 19.0 Å². The number of carbonyl (C=O) groups excluding carboxylic acids is 1. The summed E-state index contributed by atoms with van der Waals surface area (Å²) in [5.74, 6) is 0.0630. The van der Waals surface area contributed by atoms with Crippen molar-refractivity contribution in [2.24, 2.45) is 0 Å². The Morgan fingerprint density at radius 1 is 1.00 bits per heavy atom. The highest BCUT2D eigenvalue weighted by Gasteiger charge is 2.14. The van der Waals surface area contributed by atoms with Crippen molar-refractivity contribution in [1.29, 1.82) is 0 Å². The third-order valence-electron chi connectivity index (χ3n) is 3.97. The highest BCUT2D eigenvalue weighted by Crippen LogP contribution is 2.27. The molecule has 2 rings (SSSR count). The summed E-state index contributed by atoms with van der Waals surface area (Å²) in [6, 6.07) is 14.6. The number of nitrogens with zero attached hydrogens (tertiary/aromatic N) is 1. The molecule has 144 valence electrons. The molecule has 7 heteroatoms. The number of anilines is 1. The van der Waals surface area contributed by atoms with Gasteiger partial charge in [0.1, 0.15) is 6.54 Å². The van der Waals surface area contributed by atoms with Crippen LogP contribution in [0.2, 0.25) is 0 Å². The van der Waals surface area contributed by atoms with Crippen LogP contribution >= 0.6 is 0 Å². The van der Waals surface area contributed by atoms with E-state index < -0.39 is 5.97 Å². The second kappa shape index (κ2) is 10.1. The Kier molecular flexibility index (Phi) is 7.49. The molecule has 0 spiro atoms. The lowest BCUT2D eigenvalue weighted by atomic mass is 10.1. The number of amides is 1. The van der Waals surface area contributed by atoms with E-state index in [0.717, 1.165) is 5.56 Å². The minimum Gasteiger partial charge on any atom is -0.493 e. The third kappa shape index (κ3) is 6.22. The van der Waals surface area contributed by atoms with Gasteiger partial charge in [0.2, 0.25) is 5.91 Å². The van der Waals surface area contributed by atoms with Crippen LogP contribution in [0, 0.1) is 0 Å². The fourth-order valence-electron chi connectivity index (χ4n) is 2.65. The Labute approximate surface area is 158 Å². The first-order chi connectivity index (χ1) is 13.0. The number of aliphatic carboxylic acids is 1. The number of hydrogen-bond acceptors (Lipinski definition) is 5. The number of carbonyl (C=O) groups is 2. The Balaban J connectivity index is 1.90. The lowest BCUT2D eigenvalue weighted by Crippen LogP contribution is -2.40. The zero-order valence-electron chi connectivity index (χ0n) is 15.5. The zero-order valence-corrected chi connectivity index (χ0v) is 15.5. The first-order valence-corrected chi connectivity index (χ1v) is 8.53. The van der Waals surface area contributed by atoms with Gasteiger partial charge < -0.3 is 24.8 Å². The molecule has 1 amide bonds. The number of carboxylic acid groups (broad SMARTS) is 1. The van der Waals surface area contributed by atoms with Crippen LogP contribution in [0.25, 0.3) is 0 Å². The van der Waals surface area contributed by atoms with E-state index in [9.17, 15) is 9.59 Å². The second-order valence-electron chi connectivity index (χ2n) is 5.87. The second-order valence-corrected chi connectivity index (χ2v) is 5.87. The van der Waals surface area contributed by atoms with Crippen molar-refractivity contribution >= 4 is 17.6 Å². The lowest BCUT2D eigenvalue weighted by molar-refractivity contribution is -0.135. The number of para-hydroxylation sites is 1. The molecule has 2 aromatic carbocycles. The van der Waals surface area contributed by atoms with Crippen molar-refractivity contribution in [2.45, 2.75) is 6.42 Å².